The number of amides is 1. The molecule has 1 saturated heterocycles. The maximum absolute atomic E-state index is 12.8. The average Bonchev–Trinajstić information content (AvgIpc) is 3.36. The normalized spacial score (nSPS) is 19.5. The van der Waals surface area contributed by atoms with Gasteiger partial charge in [-0.3, -0.25) is 9.69 Å². The second-order valence-corrected chi connectivity index (χ2v) is 8.35. The number of anilines is 1. The number of nitrogen functional groups attached to an aromatic ring is 1. The average molecular weight is 416 g/mol. The highest BCUT2D eigenvalue weighted by Gasteiger charge is 2.27. The summed E-state index contributed by atoms with van der Waals surface area (Å²) < 4.78 is 6.14. The van der Waals surface area contributed by atoms with Crippen LogP contribution >= 0.6 is 0 Å². The van der Waals surface area contributed by atoms with Crippen LogP contribution in [0.15, 0.2) is 9.73 Å². The number of piperidine rings is 1. The number of aromatic nitrogens is 5. The molecule has 0 atom stereocenters. The highest BCUT2D eigenvalue weighted by atomic mass is 16.6. The van der Waals surface area contributed by atoms with E-state index in [1.165, 1.54) is 23.9 Å². The molecule has 1 aliphatic carbocycles. The molecular weight excluding hydrogens is 386 g/mol. The van der Waals surface area contributed by atoms with Crippen LogP contribution in [0.25, 0.3) is 5.82 Å². The fraction of sp³-hybridized carbons (Fsp3) is 0.684. The van der Waals surface area contributed by atoms with Gasteiger partial charge in [0.1, 0.15) is 0 Å². The van der Waals surface area contributed by atoms with Crippen molar-refractivity contribution in [3.05, 3.63) is 11.4 Å². The molecule has 0 radical (unpaired) electrons. The third-order valence-electron chi connectivity index (χ3n) is 6.03. The minimum absolute atomic E-state index is 0.0932. The predicted octanol–water partition coefficient (Wildman–Crippen LogP) is 1.76. The Hall–Kier alpha value is -2.82. The third kappa shape index (κ3) is 4.66. The Morgan fingerprint density at radius 1 is 1.23 bits per heavy atom. The molecule has 30 heavy (non-hydrogen) atoms. The maximum atomic E-state index is 12.8. The van der Waals surface area contributed by atoms with Crippen LogP contribution in [0, 0.1) is 11.8 Å². The Labute approximate surface area is 175 Å². The van der Waals surface area contributed by atoms with Gasteiger partial charge >= 0.3 is 0 Å². The van der Waals surface area contributed by atoms with Gasteiger partial charge < -0.3 is 5.73 Å². The largest absolute Gasteiger partial charge is 0.378 e. The van der Waals surface area contributed by atoms with Crippen molar-refractivity contribution in [1.82, 2.24) is 35.6 Å². The molecule has 162 valence electrons. The van der Waals surface area contributed by atoms with Gasteiger partial charge in [-0.25, -0.2) is 10.1 Å². The number of nitrogens with zero attached hydrogens (tertiary/aromatic N) is 7. The molecule has 1 saturated carbocycles. The summed E-state index contributed by atoms with van der Waals surface area (Å²) in [6, 6.07) is 0. The molecule has 4 rings (SSSR count). The summed E-state index contributed by atoms with van der Waals surface area (Å²) in [6.45, 7) is 4.65. The van der Waals surface area contributed by atoms with Crippen LogP contribution < -0.4 is 11.2 Å². The zero-order valence-electron chi connectivity index (χ0n) is 17.3. The molecule has 11 nitrogen and oxygen atoms in total. The quantitative estimate of drug-likeness (QED) is 0.537. The molecular formula is C19H29N9O2. The summed E-state index contributed by atoms with van der Waals surface area (Å²) in [5.74, 6) is 1.05. The first-order chi connectivity index (χ1) is 14.6. The molecule has 0 aromatic carbocycles. The van der Waals surface area contributed by atoms with Crippen molar-refractivity contribution >= 4 is 17.9 Å². The minimum atomic E-state index is -0.399. The summed E-state index contributed by atoms with van der Waals surface area (Å²) in [6.07, 6.45) is 10.0. The highest BCUT2D eigenvalue weighted by Crippen LogP contribution is 2.23. The van der Waals surface area contributed by atoms with Crippen molar-refractivity contribution in [2.24, 2.45) is 16.9 Å². The first-order valence-electron chi connectivity index (χ1n) is 10.7. The van der Waals surface area contributed by atoms with Crippen LogP contribution in [-0.2, 0) is 6.54 Å². The fourth-order valence-electron chi connectivity index (χ4n) is 4.10. The molecule has 2 fully saturated rings. The van der Waals surface area contributed by atoms with Gasteiger partial charge in [0.15, 0.2) is 5.69 Å². The third-order valence-corrected chi connectivity index (χ3v) is 6.03. The minimum Gasteiger partial charge on any atom is -0.378 e. The predicted molar refractivity (Wildman–Crippen MR) is 110 cm³/mol. The van der Waals surface area contributed by atoms with Crippen LogP contribution in [0.5, 0.6) is 0 Å². The van der Waals surface area contributed by atoms with Gasteiger partial charge in [-0.05, 0) is 60.9 Å². The molecule has 2 aromatic rings. The SMILES string of the molecule is CC1CCN(Cc2c(C(=O)NN=CC3CCCCC3)nnn2-c2nonc2N)CC1. The zero-order chi connectivity index (χ0) is 20.9. The van der Waals surface area contributed by atoms with Gasteiger partial charge in [-0.15, -0.1) is 5.10 Å². The number of hydrazone groups is 1. The van der Waals surface area contributed by atoms with E-state index in [0.717, 1.165) is 38.8 Å². The molecule has 0 bridgehead atoms. The van der Waals surface area contributed by atoms with Crippen molar-refractivity contribution < 1.29 is 9.42 Å². The Bertz CT molecular complexity index is 876. The van der Waals surface area contributed by atoms with E-state index in [1.807, 2.05) is 6.21 Å². The van der Waals surface area contributed by atoms with E-state index in [2.05, 4.69) is 43.0 Å². The molecule has 1 aliphatic heterocycles. The number of hydrogen-bond acceptors (Lipinski definition) is 9. The Kier molecular flexibility index (Phi) is 6.36. The lowest BCUT2D eigenvalue weighted by molar-refractivity contribution is 0.0946. The monoisotopic (exact) mass is 415 g/mol. The van der Waals surface area contributed by atoms with Crippen molar-refractivity contribution in [3.63, 3.8) is 0 Å². The summed E-state index contributed by atoms with van der Waals surface area (Å²) in [4.78, 5) is 15.1. The van der Waals surface area contributed by atoms with E-state index in [1.54, 1.807) is 0 Å². The van der Waals surface area contributed by atoms with Gasteiger partial charge in [-0.2, -0.15) is 9.78 Å². The lowest BCUT2D eigenvalue weighted by Crippen LogP contribution is -2.34. The van der Waals surface area contributed by atoms with E-state index < -0.39 is 5.91 Å². The summed E-state index contributed by atoms with van der Waals surface area (Å²) in [7, 11) is 0. The Balaban J connectivity index is 1.52. The van der Waals surface area contributed by atoms with Crippen molar-refractivity contribution in [2.75, 3.05) is 18.8 Å². The van der Waals surface area contributed by atoms with Gasteiger partial charge in [0.2, 0.25) is 11.6 Å². The molecule has 11 heteroatoms. The van der Waals surface area contributed by atoms with Crippen molar-refractivity contribution in [3.8, 4) is 5.82 Å². The number of carbonyl (C=O) groups is 1. The summed E-state index contributed by atoms with van der Waals surface area (Å²) >= 11 is 0. The van der Waals surface area contributed by atoms with Crippen LogP contribution in [0.4, 0.5) is 5.82 Å². The Morgan fingerprint density at radius 2 is 2.00 bits per heavy atom. The van der Waals surface area contributed by atoms with Gasteiger partial charge in [-0.1, -0.05) is 31.4 Å². The van der Waals surface area contributed by atoms with Gasteiger partial charge in [0.25, 0.3) is 5.91 Å². The van der Waals surface area contributed by atoms with E-state index in [4.69, 9.17) is 10.4 Å². The van der Waals surface area contributed by atoms with E-state index >= 15 is 0 Å². The molecule has 0 spiro atoms. The lowest BCUT2D eigenvalue weighted by atomic mass is 9.90. The fourth-order valence-corrected chi connectivity index (χ4v) is 4.10. The first-order valence-corrected chi connectivity index (χ1v) is 10.7. The lowest BCUT2D eigenvalue weighted by Gasteiger charge is -2.30. The summed E-state index contributed by atoms with van der Waals surface area (Å²) in [5, 5.41) is 19.8. The molecule has 2 aliphatic rings. The number of nitrogens with one attached hydrogen (secondary N) is 1. The number of hydrogen-bond donors (Lipinski definition) is 2. The first kappa shape index (κ1) is 20.5. The highest BCUT2D eigenvalue weighted by molar-refractivity contribution is 5.93. The second kappa shape index (κ2) is 9.33. The molecule has 3 N–H and O–H groups in total. The number of likely N-dealkylation sites (tertiary alicyclic amines) is 1. The topological polar surface area (TPSA) is 140 Å². The van der Waals surface area contributed by atoms with E-state index in [-0.39, 0.29) is 17.3 Å². The number of nitrogens with two attached hydrogens (primary N) is 1. The van der Waals surface area contributed by atoms with Gasteiger partial charge in [0.05, 0.1) is 5.69 Å². The second-order valence-electron chi connectivity index (χ2n) is 8.35. The zero-order valence-corrected chi connectivity index (χ0v) is 17.3. The number of rotatable bonds is 6. The maximum Gasteiger partial charge on any atom is 0.293 e. The molecule has 2 aromatic heterocycles. The van der Waals surface area contributed by atoms with E-state index in [0.29, 0.717) is 24.1 Å². The van der Waals surface area contributed by atoms with Crippen LogP contribution in [0.3, 0.4) is 0 Å². The Morgan fingerprint density at radius 3 is 2.70 bits per heavy atom. The van der Waals surface area contributed by atoms with Crippen LogP contribution in [0.1, 0.15) is 68.1 Å². The molecule has 1 amide bonds. The van der Waals surface area contributed by atoms with E-state index in [9.17, 15) is 4.79 Å². The molecule has 0 unspecified atom stereocenters. The number of carbonyl (C=O) groups excluding carboxylic acids is 1. The van der Waals surface area contributed by atoms with Gasteiger partial charge in [0, 0.05) is 12.8 Å². The smallest absolute Gasteiger partial charge is 0.293 e. The van der Waals surface area contributed by atoms with Crippen molar-refractivity contribution in [2.45, 2.75) is 58.4 Å². The standard InChI is InChI=1S/C19H29N9O2/c1-13-7-9-27(10-8-13)12-15-16(22-26-28(15)18-17(20)24-30-25-18)19(29)23-21-11-14-5-3-2-4-6-14/h11,13-14H,2-10,12H2,1H3,(H2,20,24)(H,23,29). The van der Waals surface area contributed by atoms with Crippen LogP contribution in [-0.4, -0.2) is 55.4 Å². The molecule has 3 heterocycles. The van der Waals surface area contributed by atoms with Crippen molar-refractivity contribution in [1.29, 1.82) is 0 Å². The van der Waals surface area contributed by atoms with Crippen LogP contribution in [0.2, 0.25) is 0 Å². The summed E-state index contributed by atoms with van der Waals surface area (Å²) in [5.41, 5.74) is 9.26.